The zero-order valence-electron chi connectivity index (χ0n) is 17.3. The number of carbonyl (C=O) groups excluding carboxylic acids is 3. The smallest absolute Gasteiger partial charge is 0.311 e. The lowest BCUT2D eigenvalue weighted by Gasteiger charge is -2.39. The summed E-state index contributed by atoms with van der Waals surface area (Å²) in [7, 11) is 1.52. The molecule has 4 atom stereocenters. The normalized spacial score (nSPS) is 26.9. The standard InChI is InChI=1S/C22H30N2O5/c1-14-7-6-9-18(15(14)2)24-12-16(11-21(24)26)22(27)29-13-20(25)23-17-8-4-5-10-19(17)28-3/h4-5,8,10,14-16,18H,6-7,9,11-13H2,1-3H3,(H,23,25)/t14-,15-,16-,18+/m1/s1. The van der Waals surface area contributed by atoms with Crippen molar-refractivity contribution in [1.82, 2.24) is 4.90 Å². The van der Waals surface area contributed by atoms with E-state index in [0.29, 0.717) is 29.8 Å². The van der Waals surface area contributed by atoms with E-state index in [9.17, 15) is 14.4 Å². The highest BCUT2D eigenvalue weighted by Crippen LogP contribution is 2.36. The van der Waals surface area contributed by atoms with Gasteiger partial charge < -0.3 is 19.7 Å². The number of likely N-dealkylation sites (tertiary alicyclic amines) is 1. The highest BCUT2D eigenvalue weighted by atomic mass is 16.5. The minimum atomic E-state index is -0.508. The number of nitrogens with one attached hydrogen (secondary N) is 1. The van der Waals surface area contributed by atoms with Crippen molar-refractivity contribution in [2.24, 2.45) is 17.8 Å². The van der Waals surface area contributed by atoms with Crippen LogP contribution in [0.2, 0.25) is 0 Å². The Hall–Kier alpha value is -2.57. The Kier molecular flexibility index (Phi) is 6.77. The monoisotopic (exact) mass is 402 g/mol. The van der Waals surface area contributed by atoms with Crippen molar-refractivity contribution in [2.45, 2.75) is 45.6 Å². The topological polar surface area (TPSA) is 84.9 Å². The maximum absolute atomic E-state index is 12.5. The third kappa shape index (κ3) is 4.89. The van der Waals surface area contributed by atoms with E-state index in [1.807, 2.05) is 4.90 Å². The molecule has 0 radical (unpaired) electrons. The molecule has 2 amide bonds. The molecule has 0 bridgehead atoms. The number of carbonyl (C=O) groups is 3. The van der Waals surface area contributed by atoms with Crippen molar-refractivity contribution in [1.29, 1.82) is 0 Å². The van der Waals surface area contributed by atoms with Crippen molar-refractivity contribution in [3.8, 4) is 5.75 Å². The summed E-state index contributed by atoms with van der Waals surface area (Å²) in [5, 5.41) is 2.67. The molecule has 29 heavy (non-hydrogen) atoms. The maximum Gasteiger partial charge on any atom is 0.311 e. The molecule has 158 valence electrons. The van der Waals surface area contributed by atoms with Crippen LogP contribution in [0.5, 0.6) is 5.75 Å². The van der Waals surface area contributed by atoms with Crippen molar-refractivity contribution in [3.63, 3.8) is 0 Å². The van der Waals surface area contributed by atoms with Gasteiger partial charge in [0.15, 0.2) is 6.61 Å². The van der Waals surface area contributed by atoms with Gasteiger partial charge in [-0.25, -0.2) is 0 Å². The fourth-order valence-electron chi connectivity index (χ4n) is 4.39. The first kappa shape index (κ1) is 21.1. The average Bonchev–Trinajstić information content (AvgIpc) is 3.10. The summed E-state index contributed by atoms with van der Waals surface area (Å²) in [6.45, 7) is 4.41. The first-order valence-corrected chi connectivity index (χ1v) is 10.3. The van der Waals surface area contributed by atoms with Crippen LogP contribution in [0.4, 0.5) is 5.69 Å². The number of nitrogens with zero attached hydrogens (tertiary/aromatic N) is 1. The summed E-state index contributed by atoms with van der Waals surface area (Å²) < 4.78 is 10.4. The van der Waals surface area contributed by atoms with E-state index >= 15 is 0 Å². The molecule has 0 unspecified atom stereocenters. The SMILES string of the molecule is COc1ccccc1NC(=O)COC(=O)[C@@H]1CC(=O)N([C@H]2CCC[C@@H](C)[C@H]2C)C1. The van der Waals surface area contributed by atoms with Crippen LogP contribution in [0, 0.1) is 17.8 Å². The van der Waals surface area contributed by atoms with E-state index < -0.39 is 24.4 Å². The number of benzene rings is 1. The van der Waals surface area contributed by atoms with Crippen LogP contribution in [0.3, 0.4) is 0 Å². The third-order valence-electron chi connectivity index (χ3n) is 6.28. The number of methoxy groups -OCH3 is 1. The summed E-state index contributed by atoms with van der Waals surface area (Å²) in [5.41, 5.74) is 0.513. The molecular formula is C22H30N2O5. The van der Waals surface area contributed by atoms with Crippen LogP contribution in [-0.2, 0) is 19.1 Å². The Bertz CT molecular complexity index is 765. The predicted molar refractivity (Wildman–Crippen MR) is 108 cm³/mol. The molecule has 7 heteroatoms. The van der Waals surface area contributed by atoms with Gasteiger partial charge in [-0.05, 0) is 30.4 Å². The van der Waals surface area contributed by atoms with Crippen LogP contribution in [0.25, 0.3) is 0 Å². The highest BCUT2D eigenvalue weighted by molar-refractivity contribution is 5.94. The Balaban J connectivity index is 1.51. The lowest BCUT2D eigenvalue weighted by atomic mass is 9.77. The first-order valence-electron chi connectivity index (χ1n) is 10.3. The molecule has 1 aliphatic heterocycles. The molecule has 1 N–H and O–H groups in total. The summed E-state index contributed by atoms with van der Waals surface area (Å²) in [6, 6.07) is 7.20. The summed E-state index contributed by atoms with van der Waals surface area (Å²) in [5.74, 6) is 0.0917. The molecular weight excluding hydrogens is 372 g/mol. The number of anilines is 1. The van der Waals surface area contributed by atoms with Crippen molar-refractivity contribution < 1.29 is 23.9 Å². The maximum atomic E-state index is 12.5. The van der Waals surface area contributed by atoms with Gasteiger partial charge in [-0.15, -0.1) is 0 Å². The second-order valence-corrected chi connectivity index (χ2v) is 8.14. The van der Waals surface area contributed by atoms with E-state index in [2.05, 4.69) is 19.2 Å². The van der Waals surface area contributed by atoms with Gasteiger partial charge in [-0.2, -0.15) is 0 Å². The third-order valence-corrected chi connectivity index (χ3v) is 6.28. The molecule has 7 nitrogen and oxygen atoms in total. The Morgan fingerprint density at radius 1 is 1.21 bits per heavy atom. The number of ether oxygens (including phenoxy) is 2. The average molecular weight is 402 g/mol. The van der Waals surface area contributed by atoms with Gasteiger partial charge in [-0.3, -0.25) is 14.4 Å². The van der Waals surface area contributed by atoms with Crippen LogP contribution in [0.1, 0.15) is 39.5 Å². The predicted octanol–water partition coefficient (Wildman–Crippen LogP) is 2.85. The Morgan fingerprint density at radius 3 is 2.72 bits per heavy atom. The highest BCUT2D eigenvalue weighted by Gasteiger charge is 2.42. The number of hydrogen-bond acceptors (Lipinski definition) is 5. The van der Waals surface area contributed by atoms with E-state index in [1.165, 1.54) is 13.5 Å². The molecule has 1 aromatic rings. The molecule has 3 rings (SSSR count). The fourth-order valence-corrected chi connectivity index (χ4v) is 4.39. The zero-order valence-corrected chi connectivity index (χ0v) is 17.3. The van der Waals surface area contributed by atoms with Crippen molar-refractivity contribution >= 4 is 23.5 Å². The van der Waals surface area contributed by atoms with Crippen LogP contribution >= 0.6 is 0 Å². The van der Waals surface area contributed by atoms with Gasteiger partial charge in [-0.1, -0.05) is 38.8 Å². The summed E-state index contributed by atoms with van der Waals surface area (Å²) in [6.07, 6.45) is 3.44. The fraction of sp³-hybridized carbons (Fsp3) is 0.591. The van der Waals surface area contributed by atoms with Crippen LogP contribution in [0.15, 0.2) is 24.3 Å². The number of hydrogen-bond donors (Lipinski definition) is 1. The molecule has 1 aromatic carbocycles. The van der Waals surface area contributed by atoms with Gasteiger partial charge in [0.2, 0.25) is 5.91 Å². The Morgan fingerprint density at radius 2 is 1.97 bits per heavy atom. The van der Waals surface area contributed by atoms with Gasteiger partial charge >= 0.3 is 5.97 Å². The quantitative estimate of drug-likeness (QED) is 0.740. The second-order valence-electron chi connectivity index (χ2n) is 8.14. The largest absolute Gasteiger partial charge is 0.495 e. The molecule has 2 fully saturated rings. The summed E-state index contributed by atoms with van der Waals surface area (Å²) in [4.78, 5) is 39.0. The lowest BCUT2D eigenvalue weighted by Crippen LogP contribution is -2.45. The molecule has 2 aliphatic rings. The molecule has 1 heterocycles. The lowest BCUT2D eigenvalue weighted by molar-refractivity contribution is -0.151. The van der Waals surface area contributed by atoms with Gasteiger partial charge in [0.1, 0.15) is 5.75 Å². The minimum absolute atomic E-state index is 0.0105. The second kappa shape index (κ2) is 9.29. The van der Waals surface area contributed by atoms with Crippen LogP contribution in [-0.4, -0.2) is 49.0 Å². The van der Waals surface area contributed by atoms with E-state index in [4.69, 9.17) is 9.47 Å². The van der Waals surface area contributed by atoms with Crippen molar-refractivity contribution in [2.75, 3.05) is 25.6 Å². The van der Waals surface area contributed by atoms with Crippen molar-refractivity contribution in [3.05, 3.63) is 24.3 Å². The number of amides is 2. The van der Waals surface area contributed by atoms with E-state index in [1.54, 1.807) is 24.3 Å². The zero-order chi connectivity index (χ0) is 21.0. The first-order chi connectivity index (χ1) is 13.9. The van der Waals surface area contributed by atoms with E-state index in [-0.39, 0.29) is 18.4 Å². The molecule has 1 saturated carbocycles. The van der Waals surface area contributed by atoms with Crippen LogP contribution < -0.4 is 10.1 Å². The molecule has 0 spiro atoms. The summed E-state index contributed by atoms with van der Waals surface area (Å²) >= 11 is 0. The number of rotatable bonds is 6. The molecule has 0 aromatic heterocycles. The van der Waals surface area contributed by atoms with E-state index in [0.717, 1.165) is 12.8 Å². The number of esters is 1. The van der Waals surface area contributed by atoms with Gasteiger partial charge in [0, 0.05) is 19.0 Å². The van der Waals surface area contributed by atoms with Gasteiger partial charge in [0.25, 0.3) is 5.91 Å². The van der Waals surface area contributed by atoms with Gasteiger partial charge in [0.05, 0.1) is 18.7 Å². The Labute approximate surface area is 171 Å². The number of para-hydroxylation sites is 2. The molecule has 1 saturated heterocycles. The minimum Gasteiger partial charge on any atom is -0.495 e. The molecule has 1 aliphatic carbocycles.